The summed E-state index contributed by atoms with van der Waals surface area (Å²) in [6.45, 7) is 0.148. The number of hydrogen-bond donors (Lipinski definition) is 1. The van der Waals surface area contributed by atoms with E-state index in [9.17, 15) is 4.79 Å². The van der Waals surface area contributed by atoms with Crippen LogP contribution in [0.4, 0.5) is 4.79 Å². The number of amides is 1. The minimum Gasteiger partial charge on any atom is -0.468 e. The lowest BCUT2D eigenvalue weighted by molar-refractivity contribution is 0.0511. The summed E-state index contributed by atoms with van der Waals surface area (Å²) in [5.41, 5.74) is 6.35. The fraction of sp³-hybridized carbons (Fsp3) is 0.231. The second-order valence-corrected chi connectivity index (χ2v) is 3.86. The zero-order chi connectivity index (χ0) is 14.4. The van der Waals surface area contributed by atoms with E-state index in [4.69, 9.17) is 19.7 Å². The van der Waals surface area contributed by atoms with Gasteiger partial charge in [0, 0.05) is 18.7 Å². The summed E-state index contributed by atoms with van der Waals surface area (Å²) < 4.78 is 19.7. The molecule has 1 aromatic heterocycles. The Balaban J connectivity index is 2.02. The summed E-state index contributed by atoms with van der Waals surface area (Å²) in [6.07, 6.45) is -0.859. The van der Waals surface area contributed by atoms with E-state index in [1.54, 1.807) is 25.3 Å². The van der Waals surface area contributed by atoms with E-state index < -0.39 is 6.09 Å². The normalized spacial score (nSPS) is 10.2. The molecule has 0 aliphatic heterocycles. The molecule has 0 spiro atoms. The van der Waals surface area contributed by atoms with Crippen molar-refractivity contribution >= 4 is 6.09 Å². The van der Waals surface area contributed by atoms with Crippen molar-refractivity contribution in [2.24, 2.45) is 5.73 Å². The summed E-state index contributed by atoms with van der Waals surface area (Å²) in [6, 6.07) is 8.93. The third-order valence-corrected chi connectivity index (χ3v) is 2.41. The van der Waals surface area contributed by atoms with Crippen molar-refractivity contribution in [3.8, 4) is 17.0 Å². The number of ether oxygens (including phenoxy) is 3. The molecule has 0 saturated heterocycles. The Kier molecular flexibility index (Phi) is 4.56. The van der Waals surface area contributed by atoms with Crippen molar-refractivity contribution in [2.45, 2.75) is 6.61 Å². The number of carbonyl (C=O) groups is 1. The van der Waals surface area contributed by atoms with Crippen LogP contribution in [-0.4, -0.2) is 25.2 Å². The fourth-order valence-electron chi connectivity index (χ4n) is 1.51. The van der Waals surface area contributed by atoms with Gasteiger partial charge in [-0.1, -0.05) is 5.16 Å². The maximum Gasteiger partial charge on any atom is 0.404 e. The summed E-state index contributed by atoms with van der Waals surface area (Å²) in [7, 11) is 1.56. The first-order chi connectivity index (χ1) is 9.69. The molecule has 0 aliphatic rings. The third-order valence-electron chi connectivity index (χ3n) is 2.41. The van der Waals surface area contributed by atoms with Gasteiger partial charge in [0.2, 0.25) is 0 Å². The van der Waals surface area contributed by atoms with Crippen LogP contribution in [0.15, 0.2) is 34.9 Å². The average Bonchev–Trinajstić information content (AvgIpc) is 2.92. The van der Waals surface area contributed by atoms with Crippen LogP contribution in [0.5, 0.6) is 5.75 Å². The molecule has 2 N–H and O–H groups in total. The SMILES string of the molecule is COCOc1ccc(-c2cc(COC(N)=O)on2)cc1. The maximum absolute atomic E-state index is 10.5. The molecule has 7 nitrogen and oxygen atoms in total. The van der Waals surface area contributed by atoms with E-state index in [0.29, 0.717) is 17.2 Å². The molecule has 106 valence electrons. The quantitative estimate of drug-likeness (QED) is 0.811. The van der Waals surface area contributed by atoms with Crippen molar-refractivity contribution in [3.63, 3.8) is 0 Å². The maximum atomic E-state index is 10.5. The third kappa shape index (κ3) is 3.72. The lowest BCUT2D eigenvalue weighted by atomic mass is 10.1. The molecule has 20 heavy (non-hydrogen) atoms. The Hall–Kier alpha value is -2.54. The second kappa shape index (κ2) is 6.58. The molecule has 7 heteroatoms. The van der Waals surface area contributed by atoms with Crippen LogP contribution in [0, 0.1) is 0 Å². The van der Waals surface area contributed by atoms with Crippen LogP contribution >= 0.6 is 0 Å². The van der Waals surface area contributed by atoms with Gasteiger partial charge in [0.15, 0.2) is 19.2 Å². The Morgan fingerprint density at radius 1 is 1.35 bits per heavy atom. The van der Waals surface area contributed by atoms with Crippen LogP contribution in [0.25, 0.3) is 11.3 Å². The van der Waals surface area contributed by atoms with Crippen molar-refractivity contribution in [1.29, 1.82) is 0 Å². The number of nitrogens with two attached hydrogens (primary N) is 1. The molecule has 0 atom stereocenters. The molecule has 1 heterocycles. The van der Waals surface area contributed by atoms with Crippen LogP contribution in [-0.2, 0) is 16.1 Å². The molecule has 2 rings (SSSR count). The van der Waals surface area contributed by atoms with Crippen LogP contribution in [0.1, 0.15) is 5.76 Å². The van der Waals surface area contributed by atoms with Crippen molar-refractivity contribution in [2.75, 3.05) is 13.9 Å². The molecular weight excluding hydrogens is 264 g/mol. The Labute approximate surface area is 115 Å². The van der Waals surface area contributed by atoms with Gasteiger partial charge >= 0.3 is 6.09 Å². The number of hydrogen-bond acceptors (Lipinski definition) is 6. The molecule has 0 radical (unpaired) electrons. The summed E-state index contributed by atoms with van der Waals surface area (Å²) in [5, 5.41) is 3.88. The number of rotatable bonds is 6. The van der Waals surface area contributed by atoms with Gasteiger partial charge in [-0.05, 0) is 24.3 Å². The van der Waals surface area contributed by atoms with Gasteiger partial charge in [0.1, 0.15) is 11.4 Å². The molecular formula is C13H14N2O5. The lowest BCUT2D eigenvalue weighted by Crippen LogP contribution is -2.12. The van der Waals surface area contributed by atoms with Crippen molar-refractivity contribution in [3.05, 3.63) is 36.1 Å². The van der Waals surface area contributed by atoms with Gasteiger partial charge in [-0.2, -0.15) is 0 Å². The number of primary amides is 1. The fourth-order valence-corrected chi connectivity index (χ4v) is 1.51. The highest BCUT2D eigenvalue weighted by molar-refractivity contribution is 5.64. The van der Waals surface area contributed by atoms with Gasteiger partial charge in [0.25, 0.3) is 0 Å². The molecule has 0 aliphatic carbocycles. The monoisotopic (exact) mass is 278 g/mol. The summed E-state index contributed by atoms with van der Waals surface area (Å²) in [4.78, 5) is 10.5. The van der Waals surface area contributed by atoms with Crippen molar-refractivity contribution in [1.82, 2.24) is 5.16 Å². The molecule has 0 bridgehead atoms. The van der Waals surface area contributed by atoms with Crippen molar-refractivity contribution < 1.29 is 23.5 Å². The number of carbonyl (C=O) groups excluding carboxylic acids is 1. The van der Waals surface area contributed by atoms with Gasteiger partial charge in [-0.3, -0.25) is 0 Å². The van der Waals surface area contributed by atoms with Gasteiger partial charge in [-0.25, -0.2) is 4.79 Å². The van der Waals surface area contributed by atoms with Gasteiger partial charge in [0.05, 0.1) is 0 Å². The Morgan fingerprint density at radius 2 is 2.10 bits per heavy atom. The van der Waals surface area contributed by atoms with Crippen LogP contribution < -0.4 is 10.5 Å². The van der Waals surface area contributed by atoms with E-state index in [1.807, 2.05) is 12.1 Å². The smallest absolute Gasteiger partial charge is 0.404 e. The number of methoxy groups -OCH3 is 1. The second-order valence-electron chi connectivity index (χ2n) is 3.86. The zero-order valence-electron chi connectivity index (χ0n) is 10.9. The highest BCUT2D eigenvalue weighted by Crippen LogP contribution is 2.22. The molecule has 0 fully saturated rings. The summed E-state index contributed by atoms with van der Waals surface area (Å²) in [5.74, 6) is 1.11. The molecule has 0 saturated carbocycles. The largest absolute Gasteiger partial charge is 0.468 e. The molecule has 2 aromatic rings. The van der Waals surface area contributed by atoms with Gasteiger partial charge < -0.3 is 24.5 Å². The minimum atomic E-state index is -0.859. The molecule has 1 aromatic carbocycles. The first-order valence-electron chi connectivity index (χ1n) is 5.79. The Morgan fingerprint density at radius 3 is 2.75 bits per heavy atom. The number of aromatic nitrogens is 1. The molecule has 1 amide bonds. The lowest BCUT2D eigenvalue weighted by Gasteiger charge is -2.04. The average molecular weight is 278 g/mol. The number of benzene rings is 1. The van der Waals surface area contributed by atoms with Crippen LogP contribution in [0.2, 0.25) is 0 Å². The van der Waals surface area contributed by atoms with E-state index in [-0.39, 0.29) is 13.4 Å². The topological polar surface area (TPSA) is 96.8 Å². The standard InChI is InChI=1S/C13H14N2O5/c1-17-8-19-10-4-2-9(3-5-10)12-6-11(20-15-12)7-18-13(14)16/h2-6H,7-8H2,1H3,(H2,14,16). The first-order valence-corrected chi connectivity index (χ1v) is 5.79. The van der Waals surface area contributed by atoms with E-state index in [2.05, 4.69) is 9.89 Å². The number of nitrogens with zero attached hydrogens (tertiary/aromatic N) is 1. The minimum absolute atomic E-state index is 0.0443. The predicted molar refractivity (Wildman–Crippen MR) is 68.8 cm³/mol. The first kappa shape index (κ1) is 13.9. The van der Waals surface area contributed by atoms with E-state index in [0.717, 1.165) is 5.56 Å². The predicted octanol–water partition coefficient (Wildman–Crippen LogP) is 1.92. The zero-order valence-corrected chi connectivity index (χ0v) is 10.9. The Bertz CT molecular complexity index is 564. The van der Waals surface area contributed by atoms with Crippen LogP contribution in [0.3, 0.4) is 0 Å². The highest BCUT2D eigenvalue weighted by Gasteiger charge is 2.08. The van der Waals surface area contributed by atoms with E-state index in [1.165, 1.54) is 0 Å². The van der Waals surface area contributed by atoms with Gasteiger partial charge in [-0.15, -0.1) is 0 Å². The highest BCUT2D eigenvalue weighted by atomic mass is 16.7. The molecule has 0 unspecified atom stereocenters. The van der Waals surface area contributed by atoms with E-state index >= 15 is 0 Å². The summed E-state index contributed by atoms with van der Waals surface area (Å²) >= 11 is 0.